The molecule has 1 aromatic rings. The standard InChI is InChI=1S/C18H22N2O3S/c1-19-17(24)20-8-7-18-6-5-12(21)9-14(18)23-16-13(22-2)4-3-11(10-20)15(16)18/h3-6,12,14,21H,7-10H2,1-2H3,(H,19,24)/t12-,14-,18?/m0/s1. The van der Waals surface area contributed by atoms with Crippen molar-refractivity contribution in [2.24, 2.45) is 0 Å². The number of rotatable bonds is 1. The number of hydrogen-bond donors (Lipinski definition) is 2. The second-order valence-electron chi connectivity index (χ2n) is 6.67. The van der Waals surface area contributed by atoms with Crippen molar-refractivity contribution < 1.29 is 14.6 Å². The highest BCUT2D eigenvalue weighted by Crippen LogP contribution is 2.55. The van der Waals surface area contributed by atoms with Crippen LogP contribution in [0.5, 0.6) is 11.5 Å². The smallest absolute Gasteiger partial charge is 0.168 e. The number of nitrogens with zero attached hydrogens (tertiary/aromatic N) is 1. The number of aliphatic hydroxyl groups excluding tert-OH is 1. The summed E-state index contributed by atoms with van der Waals surface area (Å²) in [6, 6.07) is 4.08. The lowest BCUT2D eigenvalue weighted by atomic mass is 9.69. The highest BCUT2D eigenvalue weighted by molar-refractivity contribution is 7.80. The van der Waals surface area contributed by atoms with Gasteiger partial charge < -0.3 is 24.8 Å². The van der Waals surface area contributed by atoms with Gasteiger partial charge in [-0.05, 0) is 30.3 Å². The van der Waals surface area contributed by atoms with E-state index in [1.165, 1.54) is 11.1 Å². The maximum Gasteiger partial charge on any atom is 0.168 e. The van der Waals surface area contributed by atoms with E-state index in [0.29, 0.717) is 6.42 Å². The lowest BCUT2D eigenvalue weighted by Gasteiger charge is -2.36. The largest absolute Gasteiger partial charge is 0.493 e. The van der Waals surface area contributed by atoms with Gasteiger partial charge in [0.2, 0.25) is 0 Å². The van der Waals surface area contributed by atoms with Gasteiger partial charge in [0.25, 0.3) is 0 Å². The van der Waals surface area contributed by atoms with Crippen molar-refractivity contribution in [3.8, 4) is 11.5 Å². The van der Waals surface area contributed by atoms with Gasteiger partial charge in [0.05, 0.1) is 18.6 Å². The molecule has 0 aromatic heterocycles. The van der Waals surface area contributed by atoms with Crippen molar-refractivity contribution in [2.75, 3.05) is 20.7 Å². The van der Waals surface area contributed by atoms with Gasteiger partial charge in [-0.1, -0.05) is 18.2 Å². The quantitative estimate of drug-likeness (QED) is 0.597. The van der Waals surface area contributed by atoms with Crippen LogP contribution in [0.1, 0.15) is 24.0 Å². The SMILES string of the molecule is CNC(=S)N1CCC23C=C[C@H](O)C[C@@H]2Oc2c(OC)ccc(c23)C1. The lowest BCUT2D eigenvalue weighted by Crippen LogP contribution is -2.44. The minimum absolute atomic E-state index is 0.0642. The highest BCUT2D eigenvalue weighted by Gasteiger charge is 2.52. The second-order valence-corrected chi connectivity index (χ2v) is 7.05. The van der Waals surface area contributed by atoms with Crippen LogP contribution in [0, 0.1) is 0 Å². The summed E-state index contributed by atoms with van der Waals surface area (Å²) in [7, 11) is 3.53. The molecular formula is C18H22N2O3S. The van der Waals surface area contributed by atoms with Crippen LogP contribution in [0.25, 0.3) is 0 Å². The van der Waals surface area contributed by atoms with Crippen LogP contribution in [0.3, 0.4) is 0 Å². The fourth-order valence-electron chi connectivity index (χ4n) is 4.27. The molecule has 1 aliphatic carbocycles. The molecule has 2 aliphatic heterocycles. The Morgan fingerprint density at radius 2 is 2.33 bits per heavy atom. The minimum atomic E-state index is -0.456. The minimum Gasteiger partial charge on any atom is -0.493 e. The van der Waals surface area contributed by atoms with Crippen molar-refractivity contribution in [1.29, 1.82) is 0 Å². The molecular weight excluding hydrogens is 324 g/mol. The molecule has 1 aromatic carbocycles. The Morgan fingerprint density at radius 1 is 1.50 bits per heavy atom. The van der Waals surface area contributed by atoms with Gasteiger partial charge >= 0.3 is 0 Å². The molecule has 0 saturated heterocycles. The Balaban J connectivity index is 1.88. The number of thiocarbonyl (C=S) groups is 1. The molecule has 0 saturated carbocycles. The van der Waals surface area contributed by atoms with Gasteiger partial charge in [0.15, 0.2) is 16.6 Å². The zero-order chi connectivity index (χ0) is 16.9. The molecule has 4 rings (SSSR count). The normalized spacial score (nSPS) is 30.0. The molecule has 0 radical (unpaired) electrons. The monoisotopic (exact) mass is 346 g/mol. The Bertz CT molecular complexity index is 720. The van der Waals surface area contributed by atoms with E-state index >= 15 is 0 Å². The number of ether oxygens (including phenoxy) is 2. The van der Waals surface area contributed by atoms with E-state index in [1.807, 2.05) is 19.2 Å². The van der Waals surface area contributed by atoms with Crippen LogP contribution in [0.2, 0.25) is 0 Å². The van der Waals surface area contributed by atoms with Crippen molar-refractivity contribution in [3.63, 3.8) is 0 Å². The molecule has 6 heteroatoms. The van der Waals surface area contributed by atoms with Crippen LogP contribution < -0.4 is 14.8 Å². The van der Waals surface area contributed by atoms with Gasteiger partial charge in [0, 0.05) is 32.1 Å². The molecule has 2 N–H and O–H groups in total. The van der Waals surface area contributed by atoms with Crippen LogP contribution in [-0.4, -0.2) is 48.0 Å². The Morgan fingerprint density at radius 3 is 3.08 bits per heavy atom. The van der Waals surface area contributed by atoms with Crippen LogP contribution in [0.15, 0.2) is 24.3 Å². The average molecular weight is 346 g/mol. The molecule has 0 bridgehead atoms. The lowest BCUT2D eigenvalue weighted by molar-refractivity contribution is 0.0833. The molecule has 0 amide bonds. The number of benzene rings is 1. The first-order chi connectivity index (χ1) is 11.6. The summed E-state index contributed by atoms with van der Waals surface area (Å²) in [5.74, 6) is 1.59. The fraction of sp³-hybridized carbons (Fsp3) is 0.500. The summed E-state index contributed by atoms with van der Waals surface area (Å²) in [5.41, 5.74) is 2.21. The summed E-state index contributed by atoms with van der Waals surface area (Å²) in [6.07, 6.45) is 5.03. The van der Waals surface area contributed by atoms with E-state index in [9.17, 15) is 5.11 Å². The van der Waals surface area contributed by atoms with Crippen molar-refractivity contribution in [1.82, 2.24) is 10.2 Å². The third kappa shape index (κ3) is 2.13. The Labute approximate surface area is 147 Å². The number of aliphatic hydroxyl groups is 1. The Hall–Kier alpha value is -1.79. The van der Waals surface area contributed by atoms with Crippen molar-refractivity contribution in [2.45, 2.75) is 37.0 Å². The van der Waals surface area contributed by atoms with E-state index in [0.717, 1.165) is 36.1 Å². The maximum absolute atomic E-state index is 10.1. The van der Waals surface area contributed by atoms with Gasteiger partial charge in [-0.2, -0.15) is 0 Å². The van der Waals surface area contributed by atoms with E-state index < -0.39 is 6.10 Å². The third-order valence-electron chi connectivity index (χ3n) is 5.46. The van der Waals surface area contributed by atoms with Gasteiger partial charge in [-0.15, -0.1) is 0 Å². The number of hydrogen-bond acceptors (Lipinski definition) is 4. The maximum atomic E-state index is 10.1. The molecule has 3 aliphatic rings. The number of nitrogens with one attached hydrogen (secondary N) is 1. The summed E-state index contributed by atoms with van der Waals surface area (Å²) < 4.78 is 11.8. The summed E-state index contributed by atoms with van der Waals surface area (Å²) in [5, 5.41) is 13.9. The Kier molecular flexibility index (Phi) is 3.69. The predicted molar refractivity (Wildman–Crippen MR) is 95.5 cm³/mol. The van der Waals surface area contributed by atoms with E-state index in [4.69, 9.17) is 21.7 Å². The summed E-state index contributed by atoms with van der Waals surface area (Å²) in [6.45, 7) is 1.59. The topological polar surface area (TPSA) is 54.0 Å². The zero-order valence-electron chi connectivity index (χ0n) is 13.9. The molecule has 2 heterocycles. The first kappa shape index (κ1) is 15.7. The summed E-state index contributed by atoms with van der Waals surface area (Å²) >= 11 is 5.47. The van der Waals surface area contributed by atoms with Gasteiger partial charge in [-0.25, -0.2) is 0 Å². The summed E-state index contributed by atoms with van der Waals surface area (Å²) in [4.78, 5) is 2.19. The predicted octanol–water partition coefficient (Wildman–Crippen LogP) is 1.72. The zero-order valence-corrected chi connectivity index (χ0v) is 14.7. The molecule has 5 nitrogen and oxygen atoms in total. The van der Waals surface area contributed by atoms with Crippen molar-refractivity contribution in [3.05, 3.63) is 35.4 Å². The fourth-order valence-corrected chi connectivity index (χ4v) is 4.42. The first-order valence-electron chi connectivity index (χ1n) is 8.30. The molecule has 0 fully saturated rings. The van der Waals surface area contributed by atoms with Crippen LogP contribution >= 0.6 is 12.2 Å². The molecule has 3 atom stereocenters. The van der Waals surface area contributed by atoms with E-state index in [2.05, 4.69) is 22.4 Å². The van der Waals surface area contributed by atoms with Crippen molar-refractivity contribution >= 4 is 17.3 Å². The van der Waals surface area contributed by atoms with Gasteiger partial charge in [0.1, 0.15) is 6.10 Å². The number of methoxy groups -OCH3 is 1. The molecule has 1 spiro atoms. The van der Waals surface area contributed by atoms with E-state index in [-0.39, 0.29) is 11.5 Å². The molecule has 1 unspecified atom stereocenters. The van der Waals surface area contributed by atoms with E-state index in [1.54, 1.807) is 7.11 Å². The third-order valence-corrected chi connectivity index (χ3v) is 5.92. The molecule has 128 valence electrons. The molecule has 24 heavy (non-hydrogen) atoms. The van der Waals surface area contributed by atoms with Crippen LogP contribution in [-0.2, 0) is 12.0 Å². The second kappa shape index (κ2) is 5.63. The average Bonchev–Trinajstić information content (AvgIpc) is 2.82. The van der Waals surface area contributed by atoms with Gasteiger partial charge in [-0.3, -0.25) is 0 Å². The first-order valence-corrected chi connectivity index (χ1v) is 8.71. The highest BCUT2D eigenvalue weighted by atomic mass is 32.1. The van der Waals surface area contributed by atoms with Crippen LogP contribution in [0.4, 0.5) is 0 Å².